The number of allylic oxidation sites excluding steroid dienone is 1. The summed E-state index contributed by atoms with van der Waals surface area (Å²) in [5, 5.41) is 11.2. The summed E-state index contributed by atoms with van der Waals surface area (Å²) < 4.78 is 0. The van der Waals surface area contributed by atoms with Crippen molar-refractivity contribution >= 4 is 12.1 Å². The highest BCUT2D eigenvalue weighted by Crippen LogP contribution is 2.66. The van der Waals surface area contributed by atoms with Crippen molar-refractivity contribution in [3.05, 3.63) is 11.6 Å². The summed E-state index contributed by atoms with van der Waals surface area (Å²) in [4.78, 5) is 24.4. The highest BCUT2D eigenvalue weighted by Gasteiger charge is 2.64. The van der Waals surface area contributed by atoms with Crippen LogP contribution < -0.4 is 5.73 Å². The largest absolute Gasteiger partial charge is 0.393 e. The molecule has 25 heavy (non-hydrogen) atoms. The molecule has 4 nitrogen and oxygen atoms in total. The van der Waals surface area contributed by atoms with E-state index >= 15 is 0 Å². The second-order valence-electron chi connectivity index (χ2n) is 9.39. The number of fused-ring (bicyclic) bond motifs is 5. The third-order valence-corrected chi connectivity index (χ3v) is 8.40. The van der Waals surface area contributed by atoms with Crippen molar-refractivity contribution in [2.24, 2.45) is 40.2 Å². The first-order chi connectivity index (χ1) is 11.8. The highest BCUT2D eigenvalue weighted by molar-refractivity contribution is 5.84. The molecule has 0 heterocycles. The molecule has 0 amide bonds. The van der Waals surface area contributed by atoms with Gasteiger partial charge in [-0.25, -0.2) is 0 Å². The van der Waals surface area contributed by atoms with Crippen molar-refractivity contribution in [2.45, 2.75) is 70.9 Å². The summed E-state index contributed by atoms with van der Waals surface area (Å²) in [5.41, 5.74) is 6.95. The first-order valence-corrected chi connectivity index (χ1v) is 9.95. The van der Waals surface area contributed by atoms with Crippen molar-refractivity contribution in [3.63, 3.8) is 0 Å². The van der Waals surface area contributed by atoms with E-state index < -0.39 is 11.5 Å². The van der Waals surface area contributed by atoms with Gasteiger partial charge in [0.1, 0.15) is 12.1 Å². The van der Waals surface area contributed by atoms with Gasteiger partial charge >= 0.3 is 0 Å². The quantitative estimate of drug-likeness (QED) is 0.595. The molecular formula is C21H31NO3. The van der Waals surface area contributed by atoms with Crippen molar-refractivity contribution in [1.82, 2.24) is 0 Å². The Morgan fingerprint density at radius 2 is 2.08 bits per heavy atom. The SMILES string of the molecule is CC(=O)[C@H]1CC[C@H]2[C@@H]3CCC4=C[C@H](N)CC[C@]4(C)[C@H]3[C@@H](O)C[C@]12C=O. The summed E-state index contributed by atoms with van der Waals surface area (Å²) in [6, 6.07) is 0.142. The van der Waals surface area contributed by atoms with Crippen LogP contribution in [0.1, 0.15) is 58.8 Å². The lowest BCUT2D eigenvalue weighted by Gasteiger charge is -2.59. The summed E-state index contributed by atoms with van der Waals surface area (Å²) >= 11 is 0. The Kier molecular flexibility index (Phi) is 4.01. The molecular weight excluding hydrogens is 314 g/mol. The molecule has 4 heteroatoms. The molecule has 0 aromatic rings. The number of Topliss-reactive ketones (excluding diaryl/α,β-unsaturated/α-hetero) is 1. The molecule has 0 saturated heterocycles. The van der Waals surface area contributed by atoms with Gasteiger partial charge < -0.3 is 15.6 Å². The molecule has 0 bridgehead atoms. The van der Waals surface area contributed by atoms with E-state index in [1.54, 1.807) is 6.92 Å². The molecule has 0 aromatic heterocycles. The van der Waals surface area contributed by atoms with E-state index in [1.165, 1.54) is 5.57 Å². The smallest absolute Gasteiger partial charge is 0.133 e. The van der Waals surface area contributed by atoms with Crippen molar-refractivity contribution in [2.75, 3.05) is 0 Å². The number of rotatable bonds is 2. The zero-order chi connectivity index (χ0) is 18.0. The summed E-state index contributed by atoms with van der Waals surface area (Å²) in [5.74, 6) is 0.710. The summed E-state index contributed by atoms with van der Waals surface area (Å²) in [6.45, 7) is 3.92. The number of aldehydes is 1. The third-order valence-electron chi connectivity index (χ3n) is 8.40. The molecule has 4 aliphatic rings. The molecule has 3 saturated carbocycles. The second-order valence-corrected chi connectivity index (χ2v) is 9.39. The van der Waals surface area contributed by atoms with E-state index in [1.807, 2.05) is 0 Å². The Bertz CT molecular complexity index is 629. The van der Waals surface area contributed by atoms with Gasteiger partial charge in [0.2, 0.25) is 0 Å². The monoisotopic (exact) mass is 345 g/mol. The van der Waals surface area contributed by atoms with Crippen LogP contribution in [0.2, 0.25) is 0 Å². The van der Waals surface area contributed by atoms with Gasteiger partial charge in [0, 0.05) is 17.4 Å². The lowest BCUT2D eigenvalue weighted by atomic mass is 9.45. The molecule has 4 rings (SSSR count). The lowest BCUT2D eigenvalue weighted by Crippen LogP contribution is -2.58. The average molecular weight is 345 g/mol. The van der Waals surface area contributed by atoms with Gasteiger partial charge in [-0.2, -0.15) is 0 Å². The van der Waals surface area contributed by atoms with E-state index in [9.17, 15) is 14.7 Å². The third kappa shape index (κ3) is 2.26. The number of ketones is 1. The van der Waals surface area contributed by atoms with Gasteiger partial charge in [0.25, 0.3) is 0 Å². The zero-order valence-corrected chi connectivity index (χ0v) is 15.4. The Balaban J connectivity index is 1.74. The zero-order valence-electron chi connectivity index (χ0n) is 15.4. The first-order valence-electron chi connectivity index (χ1n) is 9.95. The molecule has 0 aromatic carbocycles. The van der Waals surface area contributed by atoms with Gasteiger partial charge in [-0.05, 0) is 75.0 Å². The number of aliphatic hydroxyl groups is 1. The number of nitrogens with two attached hydrogens (primary N) is 1. The number of aliphatic hydroxyl groups excluding tert-OH is 1. The minimum absolute atomic E-state index is 0.00155. The number of carbonyl (C=O) groups excluding carboxylic acids is 2. The van der Waals surface area contributed by atoms with E-state index in [-0.39, 0.29) is 35.0 Å². The van der Waals surface area contributed by atoms with Gasteiger partial charge in [-0.15, -0.1) is 0 Å². The predicted octanol–water partition coefficient (Wildman–Crippen LogP) is 2.63. The fraction of sp³-hybridized carbons (Fsp3) is 0.810. The average Bonchev–Trinajstić information content (AvgIpc) is 2.95. The van der Waals surface area contributed by atoms with Crippen LogP contribution in [-0.4, -0.2) is 29.3 Å². The van der Waals surface area contributed by atoms with E-state index in [0.29, 0.717) is 12.3 Å². The maximum Gasteiger partial charge on any atom is 0.133 e. The molecule has 4 aliphatic carbocycles. The molecule has 138 valence electrons. The Labute approximate surface area is 150 Å². The fourth-order valence-electron chi connectivity index (χ4n) is 7.38. The molecule has 0 unspecified atom stereocenters. The molecule has 0 radical (unpaired) electrons. The maximum atomic E-state index is 12.2. The van der Waals surface area contributed by atoms with Crippen molar-refractivity contribution in [3.8, 4) is 0 Å². The first kappa shape index (κ1) is 17.4. The minimum atomic E-state index is -0.630. The van der Waals surface area contributed by atoms with Gasteiger partial charge in [0.15, 0.2) is 0 Å². The standard InChI is InChI=1S/C21H31NO3/c1-12(24)16-5-6-17-15-4-3-13-9-14(22)7-8-20(13,2)19(15)18(25)10-21(16,17)11-23/h9,11,14-19,25H,3-8,10,22H2,1-2H3/t14-,15+,16-,17+,18+,19-,20+,21+/m1/s1. The van der Waals surface area contributed by atoms with Gasteiger partial charge in [-0.1, -0.05) is 18.6 Å². The lowest BCUT2D eigenvalue weighted by molar-refractivity contribution is -0.155. The maximum absolute atomic E-state index is 12.2. The predicted molar refractivity (Wildman–Crippen MR) is 95.6 cm³/mol. The van der Waals surface area contributed by atoms with Crippen molar-refractivity contribution < 1.29 is 14.7 Å². The van der Waals surface area contributed by atoms with Crippen LogP contribution >= 0.6 is 0 Å². The van der Waals surface area contributed by atoms with Crippen LogP contribution in [0.25, 0.3) is 0 Å². The molecule has 0 aliphatic heterocycles. The van der Waals surface area contributed by atoms with E-state index in [4.69, 9.17) is 5.73 Å². The Hall–Kier alpha value is -1.00. The highest BCUT2D eigenvalue weighted by atomic mass is 16.3. The van der Waals surface area contributed by atoms with E-state index in [0.717, 1.165) is 44.8 Å². The minimum Gasteiger partial charge on any atom is -0.393 e. The van der Waals surface area contributed by atoms with Crippen LogP contribution in [0.4, 0.5) is 0 Å². The number of carbonyl (C=O) groups is 2. The van der Waals surface area contributed by atoms with Crippen LogP contribution in [0.3, 0.4) is 0 Å². The normalized spacial score (nSPS) is 51.8. The fourth-order valence-corrected chi connectivity index (χ4v) is 7.38. The Morgan fingerprint density at radius 3 is 2.76 bits per heavy atom. The molecule has 3 N–H and O–H groups in total. The van der Waals surface area contributed by atoms with Crippen LogP contribution in [0.15, 0.2) is 11.6 Å². The summed E-state index contributed by atoms with van der Waals surface area (Å²) in [7, 11) is 0. The van der Waals surface area contributed by atoms with Crippen molar-refractivity contribution in [1.29, 1.82) is 0 Å². The van der Waals surface area contributed by atoms with E-state index in [2.05, 4.69) is 13.0 Å². The van der Waals surface area contributed by atoms with Gasteiger partial charge in [-0.3, -0.25) is 4.79 Å². The number of hydrogen-bond acceptors (Lipinski definition) is 4. The van der Waals surface area contributed by atoms with Crippen LogP contribution in [-0.2, 0) is 9.59 Å². The van der Waals surface area contributed by atoms with Crippen LogP contribution in [0, 0.1) is 34.5 Å². The molecule has 8 atom stereocenters. The van der Waals surface area contributed by atoms with Crippen LogP contribution in [0.5, 0.6) is 0 Å². The second kappa shape index (κ2) is 5.75. The molecule has 0 spiro atoms. The Morgan fingerprint density at radius 1 is 1.32 bits per heavy atom. The topological polar surface area (TPSA) is 80.4 Å². The number of hydrogen-bond donors (Lipinski definition) is 2. The van der Waals surface area contributed by atoms with Gasteiger partial charge in [0.05, 0.1) is 6.10 Å². The summed E-state index contributed by atoms with van der Waals surface area (Å²) in [6.07, 6.45) is 9.02. The molecule has 3 fully saturated rings.